The van der Waals surface area contributed by atoms with E-state index >= 15 is 0 Å². The van der Waals surface area contributed by atoms with Gasteiger partial charge in [-0.15, -0.1) is 0 Å². The van der Waals surface area contributed by atoms with Crippen LogP contribution in [0.15, 0.2) is 10.6 Å². The number of carbonyl (C=O) groups is 1. The molecule has 52 valence electrons. The number of hydrogen-bond donors (Lipinski definition) is 0. The summed E-state index contributed by atoms with van der Waals surface area (Å²) in [5.74, 6) is -0.373. The Hall–Kier alpha value is -0.500. The molecule has 0 spiro atoms. The number of allylic oxidation sites excluding steroid dienone is 1. The van der Waals surface area contributed by atoms with Gasteiger partial charge in [0.05, 0.1) is 7.11 Å². The van der Waals surface area contributed by atoms with Crippen molar-refractivity contribution in [3.05, 3.63) is 10.6 Å². The Balaban J connectivity index is 4.21. The molecular formula is C6H9ClO2. The third kappa shape index (κ3) is 2.51. The van der Waals surface area contributed by atoms with E-state index in [0.29, 0.717) is 10.6 Å². The Morgan fingerprint density at radius 1 is 1.44 bits per heavy atom. The Morgan fingerprint density at radius 2 is 1.89 bits per heavy atom. The van der Waals surface area contributed by atoms with Crippen LogP contribution >= 0.6 is 11.6 Å². The summed E-state index contributed by atoms with van der Waals surface area (Å²) in [6, 6.07) is 0. The monoisotopic (exact) mass is 148 g/mol. The first-order valence-electron chi connectivity index (χ1n) is 2.51. The summed E-state index contributed by atoms with van der Waals surface area (Å²) in [7, 11) is 1.33. The molecule has 0 bridgehead atoms. The molecule has 0 aromatic rings. The first-order chi connectivity index (χ1) is 4.09. The number of carbonyl (C=O) groups excluding carboxylic acids is 1. The van der Waals surface area contributed by atoms with Crippen LogP contribution in [-0.4, -0.2) is 13.1 Å². The average Bonchev–Trinajstić information content (AvgIpc) is 1.84. The van der Waals surface area contributed by atoms with Crippen LogP contribution in [0, 0.1) is 0 Å². The molecule has 0 aromatic carbocycles. The molecule has 0 unspecified atom stereocenters. The fourth-order valence-corrected chi connectivity index (χ4v) is 0.371. The summed E-state index contributed by atoms with van der Waals surface area (Å²) in [5.41, 5.74) is 0.458. The SMILES string of the molecule is COC(=O)C(C)=C(C)Cl. The average molecular weight is 149 g/mol. The van der Waals surface area contributed by atoms with Gasteiger partial charge in [-0.05, 0) is 13.8 Å². The largest absolute Gasteiger partial charge is 0.466 e. The first-order valence-corrected chi connectivity index (χ1v) is 2.88. The van der Waals surface area contributed by atoms with Gasteiger partial charge in [0.15, 0.2) is 0 Å². The third-order valence-electron chi connectivity index (χ3n) is 1.01. The van der Waals surface area contributed by atoms with E-state index in [1.165, 1.54) is 7.11 Å². The molecular weight excluding hydrogens is 140 g/mol. The predicted octanol–water partition coefficient (Wildman–Crippen LogP) is 1.69. The summed E-state index contributed by atoms with van der Waals surface area (Å²) in [6.07, 6.45) is 0. The minimum Gasteiger partial charge on any atom is -0.466 e. The predicted molar refractivity (Wildman–Crippen MR) is 36.2 cm³/mol. The Morgan fingerprint density at radius 3 is 2.00 bits per heavy atom. The molecule has 3 heteroatoms. The van der Waals surface area contributed by atoms with Gasteiger partial charge in [0, 0.05) is 10.6 Å². The molecule has 0 saturated carbocycles. The van der Waals surface area contributed by atoms with Gasteiger partial charge in [0.2, 0.25) is 0 Å². The van der Waals surface area contributed by atoms with Crippen molar-refractivity contribution in [1.29, 1.82) is 0 Å². The van der Waals surface area contributed by atoms with Gasteiger partial charge >= 0.3 is 5.97 Å². The zero-order valence-electron chi connectivity index (χ0n) is 5.69. The Labute approximate surface area is 59.5 Å². The molecule has 0 aliphatic carbocycles. The summed E-state index contributed by atoms with van der Waals surface area (Å²) < 4.78 is 4.39. The van der Waals surface area contributed by atoms with Gasteiger partial charge in [-0.3, -0.25) is 0 Å². The second-order valence-electron chi connectivity index (χ2n) is 1.65. The van der Waals surface area contributed by atoms with Gasteiger partial charge in [-0.1, -0.05) is 11.6 Å². The van der Waals surface area contributed by atoms with E-state index in [0.717, 1.165) is 0 Å². The molecule has 0 aliphatic rings. The molecule has 9 heavy (non-hydrogen) atoms. The lowest BCUT2D eigenvalue weighted by Crippen LogP contribution is -2.01. The molecule has 0 N–H and O–H groups in total. The van der Waals surface area contributed by atoms with Crippen LogP contribution < -0.4 is 0 Å². The van der Waals surface area contributed by atoms with E-state index < -0.39 is 0 Å². The quantitative estimate of drug-likeness (QED) is 0.418. The summed E-state index contributed by atoms with van der Waals surface area (Å²) in [5, 5.41) is 0.474. The van der Waals surface area contributed by atoms with Crippen molar-refractivity contribution in [2.75, 3.05) is 7.11 Å². The maximum atomic E-state index is 10.6. The lowest BCUT2D eigenvalue weighted by molar-refractivity contribution is -0.136. The highest BCUT2D eigenvalue weighted by molar-refractivity contribution is 6.31. The van der Waals surface area contributed by atoms with Crippen LogP contribution in [0.1, 0.15) is 13.8 Å². The van der Waals surface area contributed by atoms with Gasteiger partial charge in [-0.2, -0.15) is 0 Å². The fourth-order valence-electron chi connectivity index (χ4n) is 0.294. The Kier molecular flexibility index (Phi) is 3.32. The van der Waals surface area contributed by atoms with Gasteiger partial charge in [0.25, 0.3) is 0 Å². The molecule has 0 heterocycles. The van der Waals surface area contributed by atoms with Crippen molar-refractivity contribution in [2.45, 2.75) is 13.8 Å². The van der Waals surface area contributed by atoms with Crippen molar-refractivity contribution < 1.29 is 9.53 Å². The van der Waals surface area contributed by atoms with E-state index in [1.54, 1.807) is 13.8 Å². The Bertz CT molecular complexity index is 145. The molecule has 0 aliphatic heterocycles. The number of hydrogen-bond acceptors (Lipinski definition) is 2. The van der Waals surface area contributed by atoms with Crippen molar-refractivity contribution in [3.63, 3.8) is 0 Å². The first kappa shape index (κ1) is 8.50. The topological polar surface area (TPSA) is 26.3 Å². The maximum Gasteiger partial charge on any atom is 0.334 e. The van der Waals surface area contributed by atoms with Crippen molar-refractivity contribution in [3.8, 4) is 0 Å². The van der Waals surface area contributed by atoms with E-state index in [9.17, 15) is 4.79 Å². The maximum absolute atomic E-state index is 10.6. The zero-order valence-corrected chi connectivity index (χ0v) is 6.45. The summed E-state index contributed by atoms with van der Waals surface area (Å²) in [6.45, 7) is 3.27. The molecule has 2 nitrogen and oxygen atoms in total. The van der Waals surface area contributed by atoms with Gasteiger partial charge in [-0.25, -0.2) is 4.79 Å². The van der Waals surface area contributed by atoms with E-state index in [4.69, 9.17) is 11.6 Å². The molecule has 0 aromatic heterocycles. The smallest absolute Gasteiger partial charge is 0.334 e. The molecule has 0 saturated heterocycles. The molecule has 0 radical (unpaired) electrons. The van der Waals surface area contributed by atoms with Crippen molar-refractivity contribution >= 4 is 17.6 Å². The minimum absolute atomic E-state index is 0.373. The third-order valence-corrected chi connectivity index (χ3v) is 1.29. The van der Waals surface area contributed by atoms with Gasteiger partial charge < -0.3 is 4.74 Å². The van der Waals surface area contributed by atoms with Crippen LogP contribution in [-0.2, 0) is 9.53 Å². The number of ether oxygens (including phenoxy) is 1. The highest BCUT2D eigenvalue weighted by Crippen LogP contribution is 2.07. The van der Waals surface area contributed by atoms with Crippen LogP contribution in [0.5, 0.6) is 0 Å². The number of methoxy groups -OCH3 is 1. The zero-order chi connectivity index (χ0) is 7.44. The standard InChI is InChI=1S/C6H9ClO2/c1-4(5(2)7)6(8)9-3/h1-3H3. The number of halogens is 1. The van der Waals surface area contributed by atoms with Crippen molar-refractivity contribution in [1.82, 2.24) is 0 Å². The lowest BCUT2D eigenvalue weighted by Gasteiger charge is -1.97. The highest BCUT2D eigenvalue weighted by Gasteiger charge is 2.04. The minimum atomic E-state index is -0.373. The van der Waals surface area contributed by atoms with Crippen LogP contribution in [0.3, 0.4) is 0 Å². The molecule has 0 atom stereocenters. The highest BCUT2D eigenvalue weighted by atomic mass is 35.5. The second kappa shape index (κ2) is 3.51. The number of rotatable bonds is 1. The van der Waals surface area contributed by atoms with Crippen LogP contribution in [0.4, 0.5) is 0 Å². The molecule has 0 fully saturated rings. The van der Waals surface area contributed by atoms with Crippen LogP contribution in [0.2, 0.25) is 0 Å². The van der Waals surface area contributed by atoms with E-state index in [-0.39, 0.29) is 5.97 Å². The molecule has 0 amide bonds. The van der Waals surface area contributed by atoms with E-state index in [2.05, 4.69) is 4.74 Å². The van der Waals surface area contributed by atoms with E-state index in [1.807, 2.05) is 0 Å². The molecule has 0 rings (SSSR count). The lowest BCUT2D eigenvalue weighted by atomic mass is 10.3. The van der Waals surface area contributed by atoms with Crippen LogP contribution in [0.25, 0.3) is 0 Å². The van der Waals surface area contributed by atoms with Gasteiger partial charge in [0.1, 0.15) is 0 Å². The van der Waals surface area contributed by atoms with Crippen molar-refractivity contribution in [2.24, 2.45) is 0 Å². The fraction of sp³-hybridized carbons (Fsp3) is 0.500. The summed E-state index contributed by atoms with van der Waals surface area (Å²) >= 11 is 5.48. The normalized spacial score (nSPS) is 12.4. The number of esters is 1. The second-order valence-corrected chi connectivity index (χ2v) is 2.22. The summed E-state index contributed by atoms with van der Waals surface area (Å²) in [4.78, 5) is 10.6.